The van der Waals surface area contributed by atoms with Gasteiger partial charge in [-0.15, -0.1) is 0 Å². The second-order valence-electron chi connectivity index (χ2n) is 3.50. The molecular formula is C10H6ClFN2O4S. The molecule has 0 radical (unpaired) electrons. The summed E-state index contributed by atoms with van der Waals surface area (Å²) in [6.45, 7) is 0. The van der Waals surface area contributed by atoms with Crippen LogP contribution in [0.3, 0.4) is 0 Å². The smallest absolute Gasteiger partial charge is 0.258 e. The number of nitro groups is 1. The molecule has 0 aliphatic carbocycles. The Morgan fingerprint density at radius 3 is 2.53 bits per heavy atom. The first-order valence-corrected chi connectivity index (χ1v) is 6.68. The topological polar surface area (TPSA) is 82.2 Å². The Balaban J connectivity index is 2.63. The van der Waals surface area contributed by atoms with Crippen LogP contribution in [-0.4, -0.2) is 17.3 Å². The van der Waals surface area contributed by atoms with Crippen LogP contribution in [0, 0.1) is 15.9 Å². The van der Waals surface area contributed by atoms with Gasteiger partial charge in [-0.3, -0.25) is 10.1 Å². The quantitative estimate of drug-likeness (QED) is 0.644. The second-order valence-corrected chi connectivity index (χ2v) is 5.70. The van der Waals surface area contributed by atoms with Crippen LogP contribution in [0.4, 0.5) is 10.1 Å². The van der Waals surface area contributed by atoms with Gasteiger partial charge in [-0.05, 0) is 24.3 Å². The summed E-state index contributed by atoms with van der Waals surface area (Å²) in [6.07, 6.45) is 1.19. The maximum atomic E-state index is 13.2. The molecule has 0 N–H and O–H groups in total. The van der Waals surface area contributed by atoms with Crippen LogP contribution >= 0.6 is 11.6 Å². The highest BCUT2D eigenvalue weighted by Crippen LogP contribution is 2.25. The zero-order valence-electron chi connectivity index (χ0n) is 9.16. The average molecular weight is 305 g/mol. The third-order valence-corrected chi connectivity index (χ3v) is 4.43. The van der Waals surface area contributed by atoms with Crippen molar-refractivity contribution in [3.8, 4) is 0 Å². The van der Waals surface area contributed by atoms with Gasteiger partial charge in [0.05, 0.1) is 9.82 Å². The lowest BCUT2D eigenvalue weighted by Crippen LogP contribution is -2.12. The fourth-order valence-electron chi connectivity index (χ4n) is 1.45. The molecular weight excluding hydrogens is 299 g/mol. The van der Waals surface area contributed by atoms with Gasteiger partial charge in [-0.2, -0.15) is 4.39 Å². The van der Waals surface area contributed by atoms with Gasteiger partial charge in [0.25, 0.3) is 10.0 Å². The molecule has 1 aromatic heterocycles. The molecule has 0 saturated heterocycles. The molecule has 0 amide bonds. The number of halogens is 2. The van der Waals surface area contributed by atoms with E-state index in [1.807, 2.05) is 0 Å². The lowest BCUT2D eigenvalue weighted by molar-refractivity contribution is -0.387. The fourth-order valence-corrected chi connectivity index (χ4v) is 3.10. The monoisotopic (exact) mass is 304 g/mol. The van der Waals surface area contributed by atoms with Crippen LogP contribution in [0.1, 0.15) is 0 Å². The highest BCUT2D eigenvalue weighted by atomic mass is 35.5. The summed E-state index contributed by atoms with van der Waals surface area (Å²) in [5.41, 5.74) is -0.913. The van der Waals surface area contributed by atoms with E-state index in [1.165, 1.54) is 18.3 Å². The molecule has 2 aromatic rings. The summed E-state index contributed by atoms with van der Waals surface area (Å²) < 4.78 is 38.2. The van der Waals surface area contributed by atoms with Crippen molar-refractivity contribution in [2.75, 3.05) is 0 Å². The molecule has 0 aliphatic rings. The minimum Gasteiger partial charge on any atom is -0.258 e. The molecule has 2 rings (SSSR count). The lowest BCUT2D eigenvalue weighted by atomic mass is 10.3. The molecule has 0 spiro atoms. The summed E-state index contributed by atoms with van der Waals surface area (Å²) in [7, 11) is -4.09. The number of nitro benzene ring substituents is 1. The van der Waals surface area contributed by atoms with Crippen molar-refractivity contribution in [2.24, 2.45) is 0 Å². The average Bonchev–Trinajstić information content (AvgIpc) is 2.76. The molecule has 0 saturated carbocycles. The Hall–Kier alpha value is -1.93. The Morgan fingerprint density at radius 1 is 1.32 bits per heavy atom. The molecule has 0 unspecified atom stereocenters. The van der Waals surface area contributed by atoms with Gasteiger partial charge in [0.1, 0.15) is 5.15 Å². The molecule has 9 heteroatoms. The first-order chi connectivity index (χ1) is 8.84. The van der Waals surface area contributed by atoms with Gasteiger partial charge in [0.2, 0.25) is 5.82 Å². The standard InChI is InChI=1S/C10H6ClFN2O4S/c11-10-2-1-5-13(10)19(17,18)7-3-4-8(12)9(6-7)14(15)16/h1-6H. The van der Waals surface area contributed by atoms with E-state index in [0.717, 1.165) is 16.1 Å². The number of nitrogens with zero attached hydrogens (tertiary/aromatic N) is 2. The number of benzene rings is 1. The number of hydrogen-bond donors (Lipinski definition) is 0. The normalized spacial score (nSPS) is 11.5. The summed E-state index contributed by atoms with van der Waals surface area (Å²) >= 11 is 5.68. The molecule has 1 heterocycles. The number of rotatable bonds is 3. The van der Waals surface area contributed by atoms with Crippen molar-refractivity contribution in [1.82, 2.24) is 3.97 Å². The van der Waals surface area contributed by atoms with E-state index < -0.39 is 31.3 Å². The third-order valence-electron chi connectivity index (χ3n) is 2.34. The molecule has 19 heavy (non-hydrogen) atoms. The first kappa shape index (κ1) is 13.5. The van der Waals surface area contributed by atoms with Crippen LogP contribution in [0.25, 0.3) is 0 Å². The zero-order valence-corrected chi connectivity index (χ0v) is 10.7. The van der Waals surface area contributed by atoms with E-state index in [0.29, 0.717) is 6.07 Å². The molecule has 1 aromatic carbocycles. The van der Waals surface area contributed by atoms with Gasteiger partial charge < -0.3 is 0 Å². The fraction of sp³-hybridized carbons (Fsp3) is 0. The van der Waals surface area contributed by atoms with E-state index in [-0.39, 0.29) is 5.15 Å². The molecule has 6 nitrogen and oxygen atoms in total. The molecule has 0 atom stereocenters. The van der Waals surface area contributed by atoms with Crippen LogP contribution in [0.15, 0.2) is 41.4 Å². The molecule has 0 aliphatic heterocycles. The summed E-state index contributed by atoms with van der Waals surface area (Å²) in [6, 6.07) is 5.06. The highest BCUT2D eigenvalue weighted by molar-refractivity contribution is 7.90. The molecule has 0 bridgehead atoms. The van der Waals surface area contributed by atoms with Crippen molar-refractivity contribution in [3.05, 3.63) is 57.6 Å². The maximum Gasteiger partial charge on any atom is 0.306 e. The van der Waals surface area contributed by atoms with Crippen molar-refractivity contribution >= 4 is 27.3 Å². The number of hydrogen-bond acceptors (Lipinski definition) is 4. The third kappa shape index (κ3) is 2.32. The van der Waals surface area contributed by atoms with Crippen molar-refractivity contribution in [3.63, 3.8) is 0 Å². The van der Waals surface area contributed by atoms with Gasteiger partial charge in [-0.1, -0.05) is 11.6 Å². The SMILES string of the molecule is O=[N+]([O-])c1cc(S(=O)(=O)n2cccc2Cl)ccc1F. The van der Waals surface area contributed by atoms with Gasteiger partial charge in [-0.25, -0.2) is 12.4 Å². The minimum absolute atomic E-state index is 0.0769. The van der Waals surface area contributed by atoms with E-state index in [9.17, 15) is 22.9 Å². The van der Waals surface area contributed by atoms with Gasteiger partial charge >= 0.3 is 5.69 Å². The molecule has 100 valence electrons. The first-order valence-electron chi connectivity index (χ1n) is 4.86. The van der Waals surface area contributed by atoms with E-state index >= 15 is 0 Å². The van der Waals surface area contributed by atoms with Gasteiger partial charge in [0.15, 0.2) is 0 Å². The van der Waals surface area contributed by atoms with Crippen LogP contribution in [0.5, 0.6) is 0 Å². The van der Waals surface area contributed by atoms with Crippen molar-refractivity contribution in [1.29, 1.82) is 0 Å². The zero-order chi connectivity index (χ0) is 14.2. The van der Waals surface area contributed by atoms with Crippen molar-refractivity contribution in [2.45, 2.75) is 4.90 Å². The lowest BCUT2D eigenvalue weighted by Gasteiger charge is -2.07. The second kappa shape index (κ2) is 4.63. The van der Waals surface area contributed by atoms with Crippen LogP contribution < -0.4 is 0 Å². The van der Waals surface area contributed by atoms with Crippen LogP contribution in [-0.2, 0) is 10.0 Å². The molecule has 0 fully saturated rings. The van der Waals surface area contributed by atoms with Crippen LogP contribution in [0.2, 0.25) is 5.15 Å². The maximum absolute atomic E-state index is 13.2. The minimum atomic E-state index is -4.09. The van der Waals surface area contributed by atoms with Gasteiger partial charge in [0, 0.05) is 12.3 Å². The van der Waals surface area contributed by atoms with Crippen molar-refractivity contribution < 1.29 is 17.7 Å². The number of aromatic nitrogens is 1. The largest absolute Gasteiger partial charge is 0.306 e. The summed E-state index contributed by atoms with van der Waals surface area (Å²) in [4.78, 5) is 9.18. The Morgan fingerprint density at radius 2 is 2.00 bits per heavy atom. The highest BCUT2D eigenvalue weighted by Gasteiger charge is 2.23. The predicted molar refractivity (Wildman–Crippen MR) is 65.1 cm³/mol. The Bertz CT molecular complexity index is 757. The van der Waals surface area contributed by atoms with E-state index in [2.05, 4.69) is 0 Å². The summed E-state index contributed by atoms with van der Waals surface area (Å²) in [5, 5.41) is 10.5. The van der Waals surface area contributed by atoms with E-state index in [4.69, 9.17) is 11.6 Å². The predicted octanol–water partition coefficient (Wildman–Crippen LogP) is 2.43. The Labute approximate surface area is 112 Å². The Kier molecular flexibility index (Phi) is 3.29. The van der Waals surface area contributed by atoms with E-state index in [1.54, 1.807) is 0 Å². The summed E-state index contributed by atoms with van der Waals surface area (Å²) in [5.74, 6) is -1.11.